The van der Waals surface area contributed by atoms with E-state index >= 15 is 0 Å². The number of carbonyl (C=O) groups is 1. The van der Waals surface area contributed by atoms with E-state index in [1.165, 1.54) is 6.20 Å². The molecule has 1 aliphatic heterocycles. The van der Waals surface area contributed by atoms with Crippen LogP contribution >= 0.6 is 11.6 Å². The van der Waals surface area contributed by atoms with Crippen molar-refractivity contribution in [3.63, 3.8) is 0 Å². The van der Waals surface area contributed by atoms with E-state index in [-0.39, 0.29) is 35.0 Å². The Bertz CT molecular complexity index is 990. The molecule has 0 aliphatic carbocycles. The van der Waals surface area contributed by atoms with Crippen molar-refractivity contribution in [1.82, 2.24) is 20.0 Å². The summed E-state index contributed by atoms with van der Waals surface area (Å²) in [6, 6.07) is 6.91. The van der Waals surface area contributed by atoms with E-state index in [0.717, 1.165) is 31.5 Å². The van der Waals surface area contributed by atoms with Crippen LogP contribution in [0, 0.1) is 0 Å². The van der Waals surface area contributed by atoms with Crippen molar-refractivity contribution in [3.8, 4) is 0 Å². The molecule has 1 aliphatic rings. The van der Waals surface area contributed by atoms with E-state index in [0.29, 0.717) is 11.5 Å². The van der Waals surface area contributed by atoms with Crippen molar-refractivity contribution >= 4 is 33.5 Å². The van der Waals surface area contributed by atoms with Gasteiger partial charge in [0, 0.05) is 25.7 Å². The quantitative estimate of drug-likeness (QED) is 0.639. The van der Waals surface area contributed by atoms with E-state index < -0.39 is 10.0 Å². The van der Waals surface area contributed by atoms with Gasteiger partial charge in [0.05, 0.1) is 17.0 Å². The van der Waals surface area contributed by atoms with Crippen LogP contribution in [0.1, 0.15) is 48.3 Å². The Balaban J connectivity index is 1.60. The van der Waals surface area contributed by atoms with Gasteiger partial charge in [0.1, 0.15) is 0 Å². The first kappa shape index (κ1) is 22.5. The molecule has 0 saturated carbocycles. The van der Waals surface area contributed by atoms with E-state index in [1.54, 1.807) is 38.1 Å². The molecular formula is C20H26ClN5O3S. The first-order valence-corrected chi connectivity index (χ1v) is 11.9. The number of amides is 1. The number of halogens is 1. The topological polar surface area (TPSA) is 104 Å². The number of hydrogen-bond donors (Lipinski definition) is 2. The molecule has 0 spiro atoms. The lowest BCUT2D eigenvalue weighted by atomic mass is 10.1. The van der Waals surface area contributed by atoms with E-state index in [4.69, 9.17) is 11.6 Å². The highest BCUT2D eigenvalue weighted by Gasteiger charge is 2.19. The predicted molar refractivity (Wildman–Crippen MR) is 117 cm³/mol. The lowest BCUT2D eigenvalue weighted by Crippen LogP contribution is -2.31. The van der Waals surface area contributed by atoms with Gasteiger partial charge in [0.2, 0.25) is 16.0 Å². The third-order valence-electron chi connectivity index (χ3n) is 4.58. The van der Waals surface area contributed by atoms with Crippen LogP contribution in [0.25, 0.3) is 0 Å². The molecule has 10 heteroatoms. The lowest BCUT2D eigenvalue weighted by molar-refractivity contribution is 0.0946. The van der Waals surface area contributed by atoms with Gasteiger partial charge in [-0.15, -0.1) is 0 Å². The zero-order chi connectivity index (χ0) is 21.7. The van der Waals surface area contributed by atoms with E-state index in [9.17, 15) is 13.2 Å². The average Bonchev–Trinajstić information content (AvgIpc) is 3.21. The number of aromatic nitrogens is 2. The van der Waals surface area contributed by atoms with Crippen LogP contribution < -0.4 is 14.9 Å². The fourth-order valence-electron chi connectivity index (χ4n) is 3.23. The van der Waals surface area contributed by atoms with Crippen LogP contribution in [0.4, 0.5) is 5.95 Å². The van der Waals surface area contributed by atoms with Gasteiger partial charge >= 0.3 is 0 Å². The number of nitrogens with one attached hydrogen (secondary N) is 2. The van der Waals surface area contributed by atoms with Crippen molar-refractivity contribution in [1.29, 1.82) is 0 Å². The Morgan fingerprint density at radius 1 is 1.17 bits per heavy atom. The highest BCUT2D eigenvalue weighted by atomic mass is 35.5. The van der Waals surface area contributed by atoms with E-state index in [2.05, 4.69) is 20.0 Å². The van der Waals surface area contributed by atoms with Crippen molar-refractivity contribution in [2.24, 2.45) is 0 Å². The fraction of sp³-hybridized carbons (Fsp3) is 0.450. The number of carbonyl (C=O) groups excluding carboxylic acids is 1. The van der Waals surface area contributed by atoms with Gasteiger partial charge in [-0.05, 0) is 37.8 Å². The van der Waals surface area contributed by atoms with Gasteiger partial charge in [0.25, 0.3) is 5.91 Å². The summed E-state index contributed by atoms with van der Waals surface area (Å²) >= 11 is 6.13. The Morgan fingerprint density at radius 2 is 1.80 bits per heavy atom. The zero-order valence-electron chi connectivity index (χ0n) is 17.1. The summed E-state index contributed by atoms with van der Waals surface area (Å²) in [4.78, 5) is 23.2. The summed E-state index contributed by atoms with van der Waals surface area (Å²) in [6.07, 6.45) is 3.62. The molecule has 162 valence electrons. The van der Waals surface area contributed by atoms with Gasteiger partial charge in [-0.3, -0.25) is 4.79 Å². The summed E-state index contributed by atoms with van der Waals surface area (Å²) in [6.45, 7) is 5.58. The molecule has 1 fully saturated rings. The average molecular weight is 452 g/mol. The summed E-state index contributed by atoms with van der Waals surface area (Å²) in [5.41, 5.74) is 1.66. The van der Waals surface area contributed by atoms with Gasteiger partial charge in [-0.2, -0.15) is 0 Å². The monoisotopic (exact) mass is 451 g/mol. The Hall–Kier alpha value is -2.23. The molecule has 1 saturated heterocycles. The van der Waals surface area contributed by atoms with Crippen LogP contribution in [-0.4, -0.2) is 43.4 Å². The first-order valence-electron chi connectivity index (χ1n) is 9.87. The number of benzene rings is 1. The fourth-order valence-corrected chi connectivity index (χ4v) is 4.84. The molecule has 2 aromatic rings. The number of nitrogens with zero attached hydrogens (tertiary/aromatic N) is 3. The molecule has 2 N–H and O–H groups in total. The van der Waals surface area contributed by atoms with Crippen LogP contribution in [0.5, 0.6) is 0 Å². The molecule has 0 atom stereocenters. The van der Waals surface area contributed by atoms with E-state index in [1.807, 2.05) is 4.90 Å². The summed E-state index contributed by atoms with van der Waals surface area (Å²) in [5, 5.41) is 3.01. The molecule has 0 unspecified atom stereocenters. The Kier molecular flexibility index (Phi) is 7.27. The maximum Gasteiger partial charge on any atom is 0.271 e. The second-order valence-corrected chi connectivity index (χ2v) is 9.75. The van der Waals surface area contributed by atoms with Gasteiger partial charge < -0.3 is 10.2 Å². The standard InChI is InChI=1S/C20H26ClN5O3S/c1-14(2)25-30(28,29)13-16-7-5-15(6-8-16)11-22-19(27)18-17(21)12-23-20(24-18)26-9-3-4-10-26/h5-8,12,14,25H,3-4,9-11,13H2,1-2H3,(H,22,27). The first-order chi connectivity index (χ1) is 14.2. The molecule has 1 amide bonds. The Morgan fingerprint density at radius 3 is 2.43 bits per heavy atom. The molecule has 2 heterocycles. The molecule has 1 aromatic carbocycles. The SMILES string of the molecule is CC(C)NS(=O)(=O)Cc1ccc(CNC(=O)c2nc(N3CCCC3)ncc2Cl)cc1. The lowest BCUT2D eigenvalue weighted by Gasteiger charge is -2.16. The number of anilines is 1. The number of hydrogen-bond acceptors (Lipinski definition) is 6. The van der Waals surface area contributed by atoms with Crippen LogP contribution in [-0.2, 0) is 22.3 Å². The molecule has 3 rings (SSSR count). The van der Waals surface area contributed by atoms with Crippen molar-refractivity contribution in [2.75, 3.05) is 18.0 Å². The number of rotatable bonds is 8. The smallest absolute Gasteiger partial charge is 0.271 e. The minimum Gasteiger partial charge on any atom is -0.347 e. The molecule has 30 heavy (non-hydrogen) atoms. The van der Waals surface area contributed by atoms with Crippen molar-refractivity contribution < 1.29 is 13.2 Å². The largest absolute Gasteiger partial charge is 0.347 e. The van der Waals surface area contributed by atoms with Gasteiger partial charge in [0.15, 0.2) is 5.69 Å². The van der Waals surface area contributed by atoms with Crippen LogP contribution in [0.3, 0.4) is 0 Å². The minimum absolute atomic E-state index is 0.0896. The zero-order valence-corrected chi connectivity index (χ0v) is 18.6. The highest BCUT2D eigenvalue weighted by Crippen LogP contribution is 2.20. The summed E-state index contributed by atoms with van der Waals surface area (Å²) in [5.74, 6) is 0.0476. The second-order valence-electron chi connectivity index (χ2n) is 7.59. The highest BCUT2D eigenvalue weighted by molar-refractivity contribution is 7.88. The summed E-state index contributed by atoms with van der Waals surface area (Å²) < 4.78 is 26.6. The number of sulfonamides is 1. The molecule has 1 aromatic heterocycles. The maximum atomic E-state index is 12.6. The van der Waals surface area contributed by atoms with Crippen molar-refractivity contribution in [2.45, 2.75) is 45.0 Å². The van der Waals surface area contributed by atoms with Crippen LogP contribution in [0.15, 0.2) is 30.5 Å². The normalized spacial score (nSPS) is 14.3. The molecule has 0 radical (unpaired) electrons. The van der Waals surface area contributed by atoms with Crippen molar-refractivity contribution in [3.05, 3.63) is 52.3 Å². The molecule has 0 bridgehead atoms. The molecule has 8 nitrogen and oxygen atoms in total. The summed E-state index contributed by atoms with van der Waals surface area (Å²) in [7, 11) is -3.38. The second kappa shape index (κ2) is 9.72. The Labute approximate surface area is 182 Å². The minimum atomic E-state index is -3.38. The third-order valence-corrected chi connectivity index (χ3v) is 6.40. The van der Waals surface area contributed by atoms with Gasteiger partial charge in [-0.1, -0.05) is 35.9 Å². The maximum absolute atomic E-state index is 12.6. The molecular weight excluding hydrogens is 426 g/mol. The third kappa shape index (κ3) is 6.13. The van der Waals surface area contributed by atoms with Crippen LogP contribution in [0.2, 0.25) is 5.02 Å². The van der Waals surface area contributed by atoms with Gasteiger partial charge in [-0.25, -0.2) is 23.1 Å². The predicted octanol–water partition coefficient (Wildman–Crippen LogP) is 2.49.